The zero-order valence-corrected chi connectivity index (χ0v) is 13.9. The minimum absolute atomic E-state index is 0.141. The van der Waals surface area contributed by atoms with Gasteiger partial charge in [0.2, 0.25) is 0 Å². The van der Waals surface area contributed by atoms with Crippen LogP contribution in [0.25, 0.3) is 0 Å². The van der Waals surface area contributed by atoms with E-state index in [4.69, 9.17) is 0 Å². The second kappa shape index (κ2) is 7.36. The summed E-state index contributed by atoms with van der Waals surface area (Å²) < 4.78 is 0. The molecule has 2 rings (SSSR count). The fourth-order valence-electron chi connectivity index (χ4n) is 2.03. The van der Waals surface area contributed by atoms with Crippen LogP contribution in [0.2, 0.25) is 0 Å². The summed E-state index contributed by atoms with van der Waals surface area (Å²) in [6.45, 7) is 9.23. The zero-order chi connectivity index (χ0) is 15.2. The van der Waals surface area contributed by atoms with Gasteiger partial charge in [-0.3, -0.25) is 0 Å². The molecular formula is C15H23N5S. The molecule has 0 aliphatic rings. The van der Waals surface area contributed by atoms with Crippen molar-refractivity contribution >= 4 is 23.0 Å². The summed E-state index contributed by atoms with van der Waals surface area (Å²) in [6, 6.07) is 2.10. The Labute approximate surface area is 130 Å². The van der Waals surface area contributed by atoms with Crippen molar-refractivity contribution in [3.8, 4) is 0 Å². The normalized spacial score (nSPS) is 12.2. The monoisotopic (exact) mass is 305 g/mol. The average Bonchev–Trinajstić information content (AvgIpc) is 2.86. The van der Waals surface area contributed by atoms with E-state index in [1.165, 1.54) is 4.88 Å². The number of rotatable bonds is 7. The van der Waals surface area contributed by atoms with Gasteiger partial charge in [0.1, 0.15) is 22.5 Å². The summed E-state index contributed by atoms with van der Waals surface area (Å²) >= 11 is 1.71. The van der Waals surface area contributed by atoms with Gasteiger partial charge in [0.15, 0.2) is 0 Å². The first-order chi connectivity index (χ1) is 10.1. The van der Waals surface area contributed by atoms with E-state index in [0.717, 1.165) is 41.9 Å². The molecule has 0 amide bonds. The molecule has 1 unspecified atom stereocenters. The predicted octanol–water partition coefficient (Wildman–Crippen LogP) is 3.80. The number of hydrogen-bond acceptors (Lipinski definition) is 6. The number of aryl methyl sites for hydroxylation is 2. The van der Waals surface area contributed by atoms with Gasteiger partial charge >= 0.3 is 0 Å². The molecule has 0 fully saturated rings. The Morgan fingerprint density at radius 3 is 2.62 bits per heavy atom. The van der Waals surface area contributed by atoms with Crippen molar-refractivity contribution in [1.29, 1.82) is 0 Å². The van der Waals surface area contributed by atoms with E-state index >= 15 is 0 Å². The van der Waals surface area contributed by atoms with E-state index in [-0.39, 0.29) is 6.04 Å². The van der Waals surface area contributed by atoms with Gasteiger partial charge < -0.3 is 10.6 Å². The molecular weight excluding hydrogens is 282 g/mol. The highest BCUT2D eigenvalue weighted by atomic mass is 32.1. The molecule has 2 N–H and O–H groups in total. The van der Waals surface area contributed by atoms with Crippen LogP contribution in [0.3, 0.4) is 0 Å². The van der Waals surface area contributed by atoms with E-state index in [9.17, 15) is 0 Å². The van der Waals surface area contributed by atoms with Gasteiger partial charge in [0.05, 0.1) is 6.04 Å². The van der Waals surface area contributed by atoms with Crippen LogP contribution in [0.1, 0.15) is 48.9 Å². The molecule has 2 aromatic rings. The Kier molecular flexibility index (Phi) is 5.50. The Morgan fingerprint density at radius 1 is 1.24 bits per heavy atom. The van der Waals surface area contributed by atoms with E-state index in [2.05, 4.69) is 53.3 Å². The van der Waals surface area contributed by atoms with Gasteiger partial charge in [0, 0.05) is 30.1 Å². The third-order valence-electron chi connectivity index (χ3n) is 2.98. The number of anilines is 2. The number of aromatic nitrogens is 3. The van der Waals surface area contributed by atoms with Crippen molar-refractivity contribution < 1.29 is 0 Å². The fraction of sp³-hybridized carbons (Fsp3) is 0.533. The highest BCUT2D eigenvalue weighted by Gasteiger charge is 2.11. The predicted molar refractivity (Wildman–Crippen MR) is 89.1 cm³/mol. The molecule has 0 spiro atoms. The van der Waals surface area contributed by atoms with Crippen molar-refractivity contribution in [2.24, 2.45) is 0 Å². The van der Waals surface area contributed by atoms with Gasteiger partial charge in [-0.25, -0.2) is 15.0 Å². The standard InChI is InChI=1S/C15H23N5S/c1-5-7-12-19-13(16-6-2)8-14(20-12)18-11(4)15-17-9-10(3)21-15/h8-9,11H,5-7H2,1-4H3,(H2,16,18,19,20). The largest absolute Gasteiger partial charge is 0.370 e. The van der Waals surface area contributed by atoms with Gasteiger partial charge in [-0.05, 0) is 27.2 Å². The summed E-state index contributed by atoms with van der Waals surface area (Å²) in [7, 11) is 0. The maximum Gasteiger partial charge on any atom is 0.133 e. The lowest BCUT2D eigenvalue weighted by Crippen LogP contribution is -2.11. The third kappa shape index (κ3) is 4.39. The average molecular weight is 305 g/mol. The van der Waals surface area contributed by atoms with Crippen molar-refractivity contribution in [3.05, 3.63) is 28.0 Å². The molecule has 114 valence electrons. The highest BCUT2D eigenvalue weighted by Crippen LogP contribution is 2.23. The first-order valence-corrected chi connectivity index (χ1v) is 8.24. The molecule has 5 nitrogen and oxygen atoms in total. The van der Waals surface area contributed by atoms with Crippen LogP contribution in [0.5, 0.6) is 0 Å². The summed E-state index contributed by atoms with van der Waals surface area (Å²) in [5.41, 5.74) is 0. The fourth-order valence-corrected chi connectivity index (χ4v) is 2.81. The molecule has 2 aromatic heterocycles. The van der Waals surface area contributed by atoms with Crippen molar-refractivity contribution in [3.63, 3.8) is 0 Å². The van der Waals surface area contributed by atoms with Crippen molar-refractivity contribution in [2.75, 3.05) is 17.2 Å². The van der Waals surface area contributed by atoms with E-state index < -0.39 is 0 Å². The second-order valence-corrected chi connectivity index (χ2v) is 6.28. The lowest BCUT2D eigenvalue weighted by Gasteiger charge is -2.14. The molecule has 6 heteroatoms. The van der Waals surface area contributed by atoms with Crippen LogP contribution in [0, 0.1) is 6.92 Å². The Bertz CT molecular complexity index is 557. The van der Waals surface area contributed by atoms with Crippen LogP contribution in [0.4, 0.5) is 11.6 Å². The van der Waals surface area contributed by atoms with Gasteiger partial charge in [-0.2, -0.15) is 0 Å². The van der Waals surface area contributed by atoms with E-state index in [1.807, 2.05) is 12.3 Å². The van der Waals surface area contributed by atoms with E-state index in [0.29, 0.717) is 0 Å². The second-order valence-electron chi connectivity index (χ2n) is 5.01. The van der Waals surface area contributed by atoms with Gasteiger partial charge in [-0.15, -0.1) is 11.3 Å². The molecule has 0 aliphatic carbocycles. The maximum absolute atomic E-state index is 4.59. The van der Waals surface area contributed by atoms with Crippen LogP contribution >= 0.6 is 11.3 Å². The number of thiazole rings is 1. The molecule has 0 bridgehead atoms. The van der Waals surface area contributed by atoms with Crippen molar-refractivity contribution in [2.45, 2.75) is 46.6 Å². The minimum Gasteiger partial charge on any atom is -0.370 e. The number of nitrogens with one attached hydrogen (secondary N) is 2. The Hall–Kier alpha value is -1.69. The van der Waals surface area contributed by atoms with Crippen LogP contribution in [0.15, 0.2) is 12.3 Å². The maximum atomic E-state index is 4.59. The van der Waals surface area contributed by atoms with Gasteiger partial charge in [0.25, 0.3) is 0 Å². The molecule has 0 aromatic carbocycles. The molecule has 0 aliphatic heterocycles. The summed E-state index contributed by atoms with van der Waals surface area (Å²) in [5, 5.41) is 7.76. The first kappa shape index (κ1) is 15.7. The van der Waals surface area contributed by atoms with Crippen molar-refractivity contribution in [1.82, 2.24) is 15.0 Å². The third-order valence-corrected chi connectivity index (χ3v) is 4.07. The number of hydrogen-bond donors (Lipinski definition) is 2. The molecule has 21 heavy (non-hydrogen) atoms. The quantitative estimate of drug-likeness (QED) is 0.814. The smallest absolute Gasteiger partial charge is 0.133 e. The SMILES string of the molecule is CCCc1nc(NCC)cc(NC(C)c2ncc(C)s2)n1. The van der Waals surface area contributed by atoms with Crippen LogP contribution in [-0.4, -0.2) is 21.5 Å². The Morgan fingerprint density at radius 2 is 2.00 bits per heavy atom. The molecule has 1 atom stereocenters. The molecule has 0 saturated heterocycles. The first-order valence-electron chi connectivity index (χ1n) is 7.43. The van der Waals surface area contributed by atoms with E-state index in [1.54, 1.807) is 11.3 Å². The van der Waals surface area contributed by atoms with Gasteiger partial charge in [-0.1, -0.05) is 6.92 Å². The summed E-state index contributed by atoms with van der Waals surface area (Å²) in [4.78, 5) is 14.8. The molecule has 0 radical (unpaired) electrons. The van der Waals surface area contributed by atoms with Crippen LogP contribution < -0.4 is 10.6 Å². The summed E-state index contributed by atoms with van der Waals surface area (Å²) in [5.74, 6) is 2.60. The topological polar surface area (TPSA) is 62.7 Å². The zero-order valence-electron chi connectivity index (χ0n) is 13.1. The lowest BCUT2D eigenvalue weighted by molar-refractivity contribution is 0.816. The highest BCUT2D eigenvalue weighted by molar-refractivity contribution is 7.11. The minimum atomic E-state index is 0.141. The number of nitrogens with zero attached hydrogens (tertiary/aromatic N) is 3. The summed E-state index contributed by atoms with van der Waals surface area (Å²) in [6.07, 6.45) is 3.83. The lowest BCUT2D eigenvalue weighted by atomic mass is 10.3. The molecule has 2 heterocycles. The Balaban J connectivity index is 2.17. The van der Waals surface area contributed by atoms with Crippen LogP contribution in [-0.2, 0) is 6.42 Å². The molecule has 0 saturated carbocycles.